The van der Waals surface area contributed by atoms with Gasteiger partial charge < -0.3 is 30.3 Å². The number of amides is 3. The van der Waals surface area contributed by atoms with Crippen molar-refractivity contribution in [3.8, 4) is 0 Å². The Bertz CT molecular complexity index is 1440. The largest absolute Gasteiger partial charge is 0.481 e. The van der Waals surface area contributed by atoms with Gasteiger partial charge in [-0.3, -0.25) is 14.4 Å². The molecule has 1 aliphatic heterocycles. The highest BCUT2D eigenvalue weighted by atomic mass is 19.1. The van der Waals surface area contributed by atoms with Crippen LogP contribution in [-0.4, -0.2) is 67.2 Å². The minimum atomic E-state index is -1.07. The predicted molar refractivity (Wildman–Crippen MR) is 151 cm³/mol. The van der Waals surface area contributed by atoms with Gasteiger partial charge in [-0.25, -0.2) is 9.18 Å². The lowest BCUT2D eigenvalue weighted by Gasteiger charge is -2.36. The molecule has 41 heavy (non-hydrogen) atoms. The first-order chi connectivity index (χ1) is 19.6. The van der Waals surface area contributed by atoms with E-state index in [1.54, 1.807) is 29.2 Å². The second-order valence-corrected chi connectivity index (χ2v) is 9.68. The molecule has 1 unspecified atom stereocenters. The lowest BCUT2D eigenvalue weighted by molar-refractivity contribution is -0.137. The maximum absolute atomic E-state index is 13.8. The molecule has 0 aliphatic carbocycles. The number of nitrogens with one attached hydrogen (secondary N) is 2. The zero-order valence-electron chi connectivity index (χ0n) is 22.7. The first kappa shape index (κ1) is 29.1. The Kier molecular flexibility index (Phi) is 9.18. The number of benzene rings is 3. The van der Waals surface area contributed by atoms with Crippen LogP contribution < -0.4 is 15.5 Å². The van der Waals surface area contributed by atoms with E-state index in [2.05, 4.69) is 10.6 Å². The standard InChI is InChI=1S/C30H31FN4O6/c1-19-6-8-20(9-7-19)24(18-27(36)37)32-29(39)22-10-11-26(34-12-14-35(15-13-34)30(40)41-2)25(17-22)33-28(38)21-4-3-5-23(31)16-21/h3-11,16-17,24H,12-15,18H2,1-2H3,(H,32,39)(H,33,38)(H,36,37). The number of aliphatic carboxylic acids is 1. The Hall–Kier alpha value is -4.93. The molecule has 214 valence electrons. The number of carbonyl (C=O) groups excluding carboxylic acids is 3. The molecule has 3 aromatic carbocycles. The summed E-state index contributed by atoms with van der Waals surface area (Å²) < 4.78 is 18.6. The van der Waals surface area contributed by atoms with E-state index in [1.807, 2.05) is 24.0 Å². The maximum atomic E-state index is 13.8. The van der Waals surface area contributed by atoms with Gasteiger partial charge in [0.2, 0.25) is 0 Å². The zero-order chi connectivity index (χ0) is 29.5. The molecule has 3 aromatic rings. The Balaban J connectivity index is 1.62. The fraction of sp³-hybridized carbons (Fsp3) is 0.267. The van der Waals surface area contributed by atoms with Gasteiger partial charge in [0.05, 0.1) is 30.9 Å². The molecule has 0 spiro atoms. The number of rotatable bonds is 8. The molecule has 3 N–H and O–H groups in total. The van der Waals surface area contributed by atoms with Crippen molar-refractivity contribution in [3.63, 3.8) is 0 Å². The van der Waals surface area contributed by atoms with Crippen LogP contribution in [0.15, 0.2) is 66.7 Å². The van der Waals surface area contributed by atoms with Gasteiger partial charge in [-0.1, -0.05) is 35.9 Å². The van der Waals surface area contributed by atoms with Crippen LogP contribution in [-0.2, 0) is 9.53 Å². The monoisotopic (exact) mass is 562 g/mol. The average Bonchev–Trinajstić information content (AvgIpc) is 2.96. The second-order valence-electron chi connectivity index (χ2n) is 9.68. The molecule has 4 rings (SSSR count). The van der Waals surface area contributed by atoms with Crippen molar-refractivity contribution in [2.45, 2.75) is 19.4 Å². The summed E-state index contributed by atoms with van der Waals surface area (Å²) in [6, 6.07) is 16.4. The number of piperazine rings is 1. The van der Waals surface area contributed by atoms with Gasteiger partial charge >= 0.3 is 12.1 Å². The van der Waals surface area contributed by atoms with E-state index in [0.717, 1.165) is 11.6 Å². The first-order valence-electron chi connectivity index (χ1n) is 13.0. The van der Waals surface area contributed by atoms with Crippen LogP contribution in [0.5, 0.6) is 0 Å². The molecule has 0 bridgehead atoms. The van der Waals surface area contributed by atoms with Gasteiger partial charge in [0.25, 0.3) is 11.8 Å². The van der Waals surface area contributed by atoms with Crippen LogP contribution >= 0.6 is 0 Å². The number of methoxy groups -OCH3 is 1. The third-order valence-electron chi connectivity index (χ3n) is 6.81. The molecule has 10 nitrogen and oxygen atoms in total. The number of nitrogens with zero attached hydrogens (tertiary/aromatic N) is 2. The van der Waals surface area contributed by atoms with E-state index in [-0.39, 0.29) is 17.5 Å². The lowest BCUT2D eigenvalue weighted by atomic mass is 10.0. The summed E-state index contributed by atoms with van der Waals surface area (Å²) in [5, 5.41) is 15.0. The van der Waals surface area contributed by atoms with Crippen LogP contribution in [0, 0.1) is 12.7 Å². The molecule has 11 heteroatoms. The summed E-state index contributed by atoms with van der Waals surface area (Å²) in [6.07, 6.45) is -0.749. The number of halogens is 1. The molecule has 1 fully saturated rings. The normalized spacial score (nSPS) is 13.7. The summed E-state index contributed by atoms with van der Waals surface area (Å²) in [4.78, 5) is 53.4. The molecule has 0 saturated carbocycles. The molecule has 1 heterocycles. The summed E-state index contributed by atoms with van der Waals surface area (Å²) in [5.74, 6) is -2.73. The topological polar surface area (TPSA) is 128 Å². The van der Waals surface area contributed by atoms with Gasteiger partial charge in [-0.2, -0.15) is 0 Å². The molecule has 0 radical (unpaired) electrons. The third kappa shape index (κ3) is 7.38. The van der Waals surface area contributed by atoms with Crippen LogP contribution in [0.1, 0.15) is 44.3 Å². The minimum absolute atomic E-state index is 0.0993. The van der Waals surface area contributed by atoms with Gasteiger partial charge in [0, 0.05) is 37.3 Å². The Morgan fingerprint density at radius 2 is 1.61 bits per heavy atom. The average molecular weight is 563 g/mol. The highest BCUT2D eigenvalue weighted by Crippen LogP contribution is 2.30. The predicted octanol–water partition coefficient (Wildman–Crippen LogP) is 4.22. The van der Waals surface area contributed by atoms with Crippen molar-refractivity contribution < 1.29 is 33.4 Å². The number of carboxylic acids is 1. The maximum Gasteiger partial charge on any atom is 0.409 e. The van der Waals surface area contributed by atoms with E-state index < -0.39 is 35.7 Å². The number of hydrogen-bond acceptors (Lipinski definition) is 6. The Morgan fingerprint density at radius 1 is 0.927 bits per heavy atom. The first-order valence-corrected chi connectivity index (χ1v) is 13.0. The summed E-state index contributed by atoms with van der Waals surface area (Å²) in [7, 11) is 1.32. The molecule has 1 atom stereocenters. The van der Waals surface area contributed by atoms with E-state index in [1.165, 1.54) is 31.4 Å². The number of carboxylic acid groups (broad SMARTS) is 1. The summed E-state index contributed by atoms with van der Waals surface area (Å²) >= 11 is 0. The van der Waals surface area contributed by atoms with Crippen LogP contribution in [0.25, 0.3) is 0 Å². The Morgan fingerprint density at radius 3 is 2.24 bits per heavy atom. The Labute approximate surface area is 236 Å². The quantitative estimate of drug-likeness (QED) is 0.375. The highest BCUT2D eigenvalue weighted by molar-refractivity contribution is 6.07. The van der Waals surface area contributed by atoms with E-state index in [9.17, 15) is 28.7 Å². The van der Waals surface area contributed by atoms with Gasteiger partial charge in [0.1, 0.15) is 5.82 Å². The van der Waals surface area contributed by atoms with E-state index in [0.29, 0.717) is 43.1 Å². The molecular weight excluding hydrogens is 531 g/mol. The van der Waals surface area contributed by atoms with Crippen molar-refractivity contribution in [3.05, 3.63) is 94.8 Å². The molecule has 0 aromatic heterocycles. The van der Waals surface area contributed by atoms with Crippen LogP contribution in [0.3, 0.4) is 0 Å². The van der Waals surface area contributed by atoms with Crippen LogP contribution in [0.4, 0.5) is 20.6 Å². The van der Waals surface area contributed by atoms with Crippen molar-refractivity contribution in [2.24, 2.45) is 0 Å². The number of anilines is 2. The third-order valence-corrected chi connectivity index (χ3v) is 6.81. The molecule has 1 saturated heterocycles. The number of ether oxygens (including phenoxy) is 1. The van der Waals surface area contributed by atoms with E-state index >= 15 is 0 Å². The minimum Gasteiger partial charge on any atom is -0.481 e. The SMILES string of the molecule is COC(=O)N1CCN(c2ccc(C(=O)NC(CC(=O)O)c3ccc(C)cc3)cc2NC(=O)c2cccc(F)c2)CC1. The zero-order valence-corrected chi connectivity index (χ0v) is 22.7. The number of carbonyl (C=O) groups is 4. The molecule has 1 aliphatic rings. The van der Waals surface area contributed by atoms with Crippen molar-refractivity contribution in [1.29, 1.82) is 0 Å². The number of aryl methyl sites for hydroxylation is 1. The van der Waals surface area contributed by atoms with E-state index in [4.69, 9.17) is 4.74 Å². The lowest BCUT2D eigenvalue weighted by Crippen LogP contribution is -2.49. The smallest absolute Gasteiger partial charge is 0.409 e. The molecular formula is C30H31FN4O6. The number of hydrogen-bond donors (Lipinski definition) is 3. The fourth-order valence-corrected chi connectivity index (χ4v) is 4.60. The fourth-order valence-electron chi connectivity index (χ4n) is 4.60. The second kappa shape index (κ2) is 12.9. The van der Waals surface area contributed by atoms with Crippen molar-refractivity contribution >= 4 is 35.3 Å². The van der Waals surface area contributed by atoms with Gasteiger partial charge in [-0.05, 0) is 48.9 Å². The summed E-state index contributed by atoms with van der Waals surface area (Å²) in [5.41, 5.74) is 2.85. The van der Waals surface area contributed by atoms with Crippen molar-refractivity contribution in [2.75, 3.05) is 43.5 Å². The highest BCUT2D eigenvalue weighted by Gasteiger charge is 2.25. The summed E-state index contributed by atoms with van der Waals surface area (Å²) in [6.45, 7) is 3.57. The van der Waals surface area contributed by atoms with Crippen molar-refractivity contribution in [1.82, 2.24) is 10.2 Å². The van der Waals surface area contributed by atoms with Crippen LogP contribution in [0.2, 0.25) is 0 Å². The molecule has 3 amide bonds. The van der Waals surface area contributed by atoms with Gasteiger partial charge in [-0.15, -0.1) is 0 Å². The van der Waals surface area contributed by atoms with Gasteiger partial charge in [0.15, 0.2) is 0 Å².